The van der Waals surface area contributed by atoms with Gasteiger partial charge in [0.15, 0.2) is 0 Å². The van der Waals surface area contributed by atoms with Crippen LogP contribution in [0.25, 0.3) is 0 Å². The lowest BCUT2D eigenvalue weighted by Crippen LogP contribution is -2.13. The third-order valence-corrected chi connectivity index (χ3v) is 2.80. The van der Waals surface area contributed by atoms with Gasteiger partial charge in [0.25, 0.3) is 0 Å². The first-order valence-corrected chi connectivity index (χ1v) is 5.64. The van der Waals surface area contributed by atoms with Crippen molar-refractivity contribution in [1.29, 1.82) is 5.41 Å². The van der Waals surface area contributed by atoms with E-state index in [0.29, 0.717) is 5.56 Å². The highest BCUT2D eigenvalue weighted by atomic mass is 79.9. The number of hydrogen-bond acceptors (Lipinski definition) is 2. The highest BCUT2D eigenvalue weighted by Gasteiger charge is 2.06. The SMILES string of the molecule is CCC(C)Oc1ccc(C(=N)N)c(Br)c1. The first-order valence-electron chi connectivity index (χ1n) is 4.85. The van der Waals surface area contributed by atoms with E-state index in [1.807, 2.05) is 19.1 Å². The van der Waals surface area contributed by atoms with Gasteiger partial charge in [0.05, 0.1) is 6.10 Å². The van der Waals surface area contributed by atoms with Crippen molar-refractivity contribution in [3.05, 3.63) is 28.2 Å². The predicted molar refractivity (Wildman–Crippen MR) is 65.5 cm³/mol. The van der Waals surface area contributed by atoms with Crippen molar-refractivity contribution >= 4 is 21.8 Å². The smallest absolute Gasteiger partial charge is 0.123 e. The molecule has 0 aliphatic rings. The van der Waals surface area contributed by atoms with Gasteiger partial charge in [-0.1, -0.05) is 6.92 Å². The van der Waals surface area contributed by atoms with Gasteiger partial charge in [-0.15, -0.1) is 0 Å². The molecule has 0 radical (unpaired) electrons. The van der Waals surface area contributed by atoms with E-state index in [9.17, 15) is 0 Å². The van der Waals surface area contributed by atoms with E-state index < -0.39 is 0 Å². The molecule has 0 amide bonds. The van der Waals surface area contributed by atoms with E-state index in [0.717, 1.165) is 16.6 Å². The van der Waals surface area contributed by atoms with Crippen LogP contribution in [0.15, 0.2) is 22.7 Å². The topological polar surface area (TPSA) is 59.1 Å². The first-order chi connectivity index (χ1) is 7.04. The van der Waals surface area contributed by atoms with Crippen LogP contribution in [0.2, 0.25) is 0 Å². The van der Waals surface area contributed by atoms with Crippen molar-refractivity contribution < 1.29 is 4.74 Å². The summed E-state index contributed by atoms with van der Waals surface area (Å²) in [5.74, 6) is 0.846. The van der Waals surface area contributed by atoms with Gasteiger partial charge in [-0.05, 0) is 47.5 Å². The van der Waals surface area contributed by atoms with Crippen molar-refractivity contribution in [2.24, 2.45) is 5.73 Å². The zero-order chi connectivity index (χ0) is 11.4. The highest BCUT2D eigenvalue weighted by Crippen LogP contribution is 2.23. The minimum atomic E-state index is 0.0527. The normalized spacial score (nSPS) is 12.2. The van der Waals surface area contributed by atoms with E-state index in [1.54, 1.807) is 6.07 Å². The lowest BCUT2D eigenvalue weighted by molar-refractivity contribution is 0.217. The number of halogens is 1. The van der Waals surface area contributed by atoms with Gasteiger partial charge in [0.2, 0.25) is 0 Å². The average Bonchev–Trinajstić information content (AvgIpc) is 2.17. The predicted octanol–water partition coefficient (Wildman–Crippen LogP) is 2.91. The Labute approximate surface area is 98.3 Å². The van der Waals surface area contributed by atoms with E-state index in [1.165, 1.54) is 0 Å². The Hall–Kier alpha value is -1.03. The summed E-state index contributed by atoms with van der Waals surface area (Å²) in [6, 6.07) is 5.45. The quantitative estimate of drug-likeness (QED) is 0.653. The zero-order valence-electron chi connectivity index (χ0n) is 8.88. The third-order valence-electron chi connectivity index (χ3n) is 2.14. The fourth-order valence-corrected chi connectivity index (χ4v) is 1.67. The minimum absolute atomic E-state index is 0.0527. The van der Waals surface area contributed by atoms with Crippen LogP contribution < -0.4 is 10.5 Å². The van der Waals surface area contributed by atoms with Crippen LogP contribution >= 0.6 is 15.9 Å². The fourth-order valence-electron chi connectivity index (χ4n) is 1.10. The molecule has 0 spiro atoms. The Morgan fingerprint density at radius 1 is 1.60 bits per heavy atom. The molecule has 1 unspecified atom stereocenters. The van der Waals surface area contributed by atoms with E-state index in [4.69, 9.17) is 15.9 Å². The Morgan fingerprint density at radius 2 is 2.27 bits per heavy atom. The van der Waals surface area contributed by atoms with Gasteiger partial charge in [-0.2, -0.15) is 0 Å². The van der Waals surface area contributed by atoms with Gasteiger partial charge in [-0.3, -0.25) is 5.41 Å². The molecule has 3 nitrogen and oxygen atoms in total. The molecule has 0 heterocycles. The van der Waals surface area contributed by atoms with Crippen LogP contribution in [0.3, 0.4) is 0 Å². The van der Waals surface area contributed by atoms with Crippen LogP contribution in [0.1, 0.15) is 25.8 Å². The van der Waals surface area contributed by atoms with Crippen molar-refractivity contribution in [1.82, 2.24) is 0 Å². The van der Waals surface area contributed by atoms with Gasteiger partial charge >= 0.3 is 0 Å². The Bertz CT molecular complexity index is 366. The molecule has 0 saturated heterocycles. The van der Waals surface area contributed by atoms with E-state index >= 15 is 0 Å². The molecule has 3 N–H and O–H groups in total. The number of rotatable bonds is 4. The van der Waals surface area contributed by atoms with Gasteiger partial charge < -0.3 is 10.5 Å². The van der Waals surface area contributed by atoms with Crippen molar-refractivity contribution in [2.45, 2.75) is 26.4 Å². The van der Waals surface area contributed by atoms with Crippen molar-refractivity contribution in [3.63, 3.8) is 0 Å². The monoisotopic (exact) mass is 270 g/mol. The van der Waals surface area contributed by atoms with Gasteiger partial charge in [0, 0.05) is 10.0 Å². The largest absolute Gasteiger partial charge is 0.491 e. The molecular formula is C11H15BrN2O. The van der Waals surface area contributed by atoms with Gasteiger partial charge in [-0.25, -0.2) is 0 Å². The summed E-state index contributed by atoms with van der Waals surface area (Å²) in [5, 5.41) is 7.33. The maximum absolute atomic E-state index is 7.33. The molecule has 0 bridgehead atoms. The lowest BCUT2D eigenvalue weighted by Gasteiger charge is -2.13. The zero-order valence-corrected chi connectivity index (χ0v) is 10.5. The number of benzene rings is 1. The first kappa shape index (κ1) is 12.0. The van der Waals surface area contributed by atoms with Crippen molar-refractivity contribution in [2.75, 3.05) is 0 Å². The minimum Gasteiger partial charge on any atom is -0.491 e. The summed E-state index contributed by atoms with van der Waals surface area (Å²) in [6.07, 6.45) is 1.16. The number of nitrogens with two attached hydrogens (primary N) is 1. The van der Waals surface area contributed by atoms with Crippen LogP contribution in [0.5, 0.6) is 5.75 Å². The van der Waals surface area contributed by atoms with Crippen LogP contribution in [0.4, 0.5) is 0 Å². The molecular weight excluding hydrogens is 256 g/mol. The summed E-state index contributed by atoms with van der Waals surface area (Å²) in [7, 11) is 0. The van der Waals surface area contributed by atoms with Crippen molar-refractivity contribution in [3.8, 4) is 5.75 Å². The van der Waals surface area contributed by atoms with E-state index in [-0.39, 0.29) is 11.9 Å². The Kier molecular flexibility index (Phi) is 4.15. The maximum atomic E-state index is 7.33. The fraction of sp³-hybridized carbons (Fsp3) is 0.364. The molecule has 15 heavy (non-hydrogen) atoms. The number of ether oxygens (including phenoxy) is 1. The standard InChI is InChI=1S/C11H15BrN2O/c1-3-7(2)15-8-4-5-9(11(13)14)10(12)6-8/h4-7H,3H2,1-2H3,(H3,13,14). The molecule has 0 aliphatic heterocycles. The number of nitrogens with one attached hydrogen (secondary N) is 1. The molecule has 0 saturated carbocycles. The van der Waals surface area contributed by atoms with E-state index in [2.05, 4.69) is 22.9 Å². The van der Waals surface area contributed by atoms with Gasteiger partial charge in [0.1, 0.15) is 11.6 Å². The molecule has 1 aromatic carbocycles. The Balaban J connectivity index is 2.87. The molecule has 0 aromatic heterocycles. The third kappa shape index (κ3) is 3.23. The highest BCUT2D eigenvalue weighted by molar-refractivity contribution is 9.10. The summed E-state index contributed by atoms with van der Waals surface area (Å²) in [4.78, 5) is 0. The Morgan fingerprint density at radius 3 is 2.73 bits per heavy atom. The summed E-state index contributed by atoms with van der Waals surface area (Å²) >= 11 is 3.36. The summed E-state index contributed by atoms with van der Waals surface area (Å²) < 4.78 is 6.43. The molecule has 0 aliphatic carbocycles. The van der Waals surface area contributed by atoms with Crippen LogP contribution in [0, 0.1) is 5.41 Å². The molecule has 1 rings (SSSR count). The molecule has 1 aromatic rings. The molecule has 0 fully saturated rings. The summed E-state index contributed by atoms with van der Waals surface area (Å²) in [6.45, 7) is 4.09. The second-order valence-corrected chi connectivity index (χ2v) is 4.25. The second-order valence-electron chi connectivity index (χ2n) is 3.39. The molecule has 82 valence electrons. The second kappa shape index (κ2) is 5.16. The number of amidine groups is 1. The lowest BCUT2D eigenvalue weighted by atomic mass is 10.2. The number of hydrogen-bond donors (Lipinski definition) is 2. The average molecular weight is 271 g/mol. The molecule has 1 atom stereocenters. The maximum Gasteiger partial charge on any atom is 0.123 e. The number of nitrogen functional groups attached to an aromatic ring is 1. The summed E-state index contributed by atoms with van der Waals surface area (Å²) in [5.41, 5.74) is 6.09. The van der Waals surface area contributed by atoms with Crippen LogP contribution in [-0.4, -0.2) is 11.9 Å². The molecule has 4 heteroatoms. The van der Waals surface area contributed by atoms with Crippen LogP contribution in [-0.2, 0) is 0 Å².